The van der Waals surface area contributed by atoms with Gasteiger partial charge in [-0.15, -0.1) is 0 Å². The number of phenols is 1. The molecule has 1 rings (SSSR count). The lowest BCUT2D eigenvalue weighted by Crippen LogP contribution is -1.94. The van der Waals surface area contributed by atoms with Crippen LogP contribution in [0.5, 0.6) is 5.75 Å². The molecule has 1 nitrogen and oxygen atoms in total. The summed E-state index contributed by atoms with van der Waals surface area (Å²) in [6.45, 7) is 8.34. The van der Waals surface area contributed by atoms with Crippen LogP contribution in [0.3, 0.4) is 0 Å². The van der Waals surface area contributed by atoms with Crippen LogP contribution < -0.4 is 0 Å². The highest BCUT2D eigenvalue weighted by molar-refractivity contribution is 6.32. The lowest BCUT2D eigenvalue weighted by atomic mass is 9.95. The van der Waals surface area contributed by atoms with E-state index < -0.39 is 0 Å². The van der Waals surface area contributed by atoms with Crippen LogP contribution >= 0.6 is 11.6 Å². The third-order valence-corrected chi connectivity index (χ3v) is 2.69. The van der Waals surface area contributed by atoms with Gasteiger partial charge in [0.25, 0.3) is 0 Å². The van der Waals surface area contributed by atoms with Crippen LogP contribution in [0.4, 0.5) is 0 Å². The highest BCUT2D eigenvalue weighted by atomic mass is 35.5. The number of benzene rings is 1. The maximum absolute atomic E-state index is 9.74. The molecule has 0 aliphatic carbocycles. The van der Waals surface area contributed by atoms with Crippen LogP contribution in [0.1, 0.15) is 50.7 Å². The van der Waals surface area contributed by atoms with Crippen molar-refractivity contribution >= 4 is 11.6 Å². The number of hydrogen-bond donors (Lipinski definition) is 1. The number of aromatic hydroxyl groups is 1. The molecule has 0 amide bonds. The van der Waals surface area contributed by atoms with Crippen molar-refractivity contribution in [1.82, 2.24) is 0 Å². The quantitative estimate of drug-likeness (QED) is 0.776. The predicted octanol–water partition coefficient (Wildman–Crippen LogP) is 4.29. The molecule has 0 spiro atoms. The molecule has 78 valence electrons. The molecular weight excluding hydrogens is 196 g/mol. The van der Waals surface area contributed by atoms with Crippen LogP contribution in [-0.4, -0.2) is 5.11 Å². The number of phenolic OH excluding ortho intramolecular Hbond substituents is 1. The van der Waals surface area contributed by atoms with E-state index in [1.54, 1.807) is 0 Å². The van der Waals surface area contributed by atoms with E-state index in [9.17, 15) is 5.11 Å². The topological polar surface area (TPSA) is 20.2 Å². The largest absolute Gasteiger partial charge is 0.506 e. The van der Waals surface area contributed by atoms with E-state index >= 15 is 0 Å². The molecule has 1 N–H and O–H groups in total. The molecule has 2 heteroatoms. The summed E-state index contributed by atoms with van der Waals surface area (Å²) in [5.74, 6) is 0.961. The maximum atomic E-state index is 9.74. The molecular formula is C12H17ClO. The van der Waals surface area contributed by atoms with Crippen molar-refractivity contribution in [3.05, 3.63) is 28.3 Å². The molecule has 0 heterocycles. The second kappa shape index (κ2) is 4.22. The first-order valence-corrected chi connectivity index (χ1v) is 5.33. The van der Waals surface area contributed by atoms with Gasteiger partial charge in [-0.1, -0.05) is 45.4 Å². The van der Waals surface area contributed by atoms with Crippen molar-refractivity contribution in [3.8, 4) is 5.75 Å². The van der Waals surface area contributed by atoms with Crippen molar-refractivity contribution in [2.75, 3.05) is 0 Å². The van der Waals surface area contributed by atoms with Crippen molar-refractivity contribution in [3.63, 3.8) is 0 Å². The van der Waals surface area contributed by atoms with E-state index in [0.29, 0.717) is 16.9 Å². The Balaban J connectivity index is 3.28. The maximum Gasteiger partial charge on any atom is 0.137 e. The monoisotopic (exact) mass is 212 g/mol. The van der Waals surface area contributed by atoms with Gasteiger partial charge in [-0.3, -0.25) is 0 Å². The molecule has 0 saturated carbocycles. The first-order valence-electron chi connectivity index (χ1n) is 4.95. The number of rotatable bonds is 2. The minimum atomic E-state index is 0.228. The van der Waals surface area contributed by atoms with Crippen LogP contribution in [0, 0.1) is 0 Å². The molecule has 1 aromatic carbocycles. The smallest absolute Gasteiger partial charge is 0.137 e. The number of halogens is 1. The molecule has 0 aromatic heterocycles. The molecule has 0 aliphatic heterocycles. The minimum absolute atomic E-state index is 0.228. The van der Waals surface area contributed by atoms with Crippen LogP contribution in [0.15, 0.2) is 12.1 Å². The van der Waals surface area contributed by atoms with Crippen LogP contribution in [-0.2, 0) is 0 Å². The van der Waals surface area contributed by atoms with Crippen molar-refractivity contribution in [1.29, 1.82) is 0 Å². The van der Waals surface area contributed by atoms with Gasteiger partial charge < -0.3 is 5.11 Å². The third-order valence-electron chi connectivity index (χ3n) is 2.40. The van der Waals surface area contributed by atoms with E-state index in [4.69, 9.17) is 11.6 Å². The van der Waals surface area contributed by atoms with Crippen LogP contribution in [0.25, 0.3) is 0 Å². The Morgan fingerprint density at radius 2 is 1.64 bits per heavy atom. The first kappa shape index (κ1) is 11.4. The van der Waals surface area contributed by atoms with Gasteiger partial charge in [0.2, 0.25) is 0 Å². The third kappa shape index (κ3) is 2.21. The van der Waals surface area contributed by atoms with Gasteiger partial charge >= 0.3 is 0 Å². The standard InChI is InChI=1S/C12H17ClO/c1-7(2)9-5-10(8(3)4)12(14)11(13)6-9/h5-8,14H,1-4H3. The normalized spacial score (nSPS) is 11.4. The Morgan fingerprint density at radius 1 is 1.07 bits per heavy atom. The summed E-state index contributed by atoms with van der Waals surface area (Å²) in [5.41, 5.74) is 2.11. The van der Waals surface area contributed by atoms with Gasteiger partial charge in [0, 0.05) is 0 Å². The summed E-state index contributed by atoms with van der Waals surface area (Å²) >= 11 is 5.96. The average Bonchev–Trinajstić information content (AvgIpc) is 2.08. The van der Waals surface area contributed by atoms with Crippen LogP contribution in [0.2, 0.25) is 5.02 Å². The molecule has 0 bridgehead atoms. The Morgan fingerprint density at radius 3 is 2.07 bits per heavy atom. The van der Waals surface area contributed by atoms with Crippen molar-refractivity contribution < 1.29 is 5.11 Å². The van der Waals surface area contributed by atoms with Gasteiger partial charge in [0.1, 0.15) is 5.75 Å². The zero-order chi connectivity index (χ0) is 10.9. The van der Waals surface area contributed by atoms with Crippen molar-refractivity contribution in [2.45, 2.75) is 39.5 Å². The molecule has 0 atom stereocenters. The van der Waals surface area contributed by atoms with E-state index in [0.717, 1.165) is 5.56 Å². The second-order valence-electron chi connectivity index (χ2n) is 4.25. The predicted molar refractivity (Wildman–Crippen MR) is 61.3 cm³/mol. The fourth-order valence-electron chi connectivity index (χ4n) is 1.42. The van der Waals surface area contributed by atoms with E-state index in [2.05, 4.69) is 27.7 Å². The summed E-state index contributed by atoms with van der Waals surface area (Å²) in [6.07, 6.45) is 0. The fraction of sp³-hybridized carbons (Fsp3) is 0.500. The zero-order valence-corrected chi connectivity index (χ0v) is 9.89. The van der Waals surface area contributed by atoms with Gasteiger partial charge in [-0.25, -0.2) is 0 Å². The Labute approximate surface area is 90.7 Å². The summed E-state index contributed by atoms with van der Waals surface area (Å²) < 4.78 is 0. The summed E-state index contributed by atoms with van der Waals surface area (Å²) in [4.78, 5) is 0. The van der Waals surface area contributed by atoms with Gasteiger partial charge in [0.05, 0.1) is 5.02 Å². The van der Waals surface area contributed by atoms with Gasteiger partial charge in [-0.2, -0.15) is 0 Å². The fourth-order valence-corrected chi connectivity index (χ4v) is 1.65. The summed E-state index contributed by atoms with van der Waals surface area (Å²) in [5, 5.41) is 10.2. The highest BCUT2D eigenvalue weighted by Crippen LogP contribution is 2.35. The average molecular weight is 213 g/mol. The Hall–Kier alpha value is -0.690. The molecule has 0 saturated heterocycles. The Bertz CT molecular complexity index is 329. The summed E-state index contributed by atoms with van der Waals surface area (Å²) in [6, 6.07) is 3.88. The number of hydrogen-bond acceptors (Lipinski definition) is 1. The molecule has 0 radical (unpaired) electrons. The zero-order valence-electron chi connectivity index (χ0n) is 9.13. The first-order chi connectivity index (χ1) is 6.43. The SMILES string of the molecule is CC(C)c1cc(Cl)c(O)c(C(C)C)c1. The Kier molecular flexibility index (Phi) is 3.43. The molecule has 0 aliphatic rings. The molecule has 1 aromatic rings. The molecule has 0 fully saturated rings. The lowest BCUT2D eigenvalue weighted by Gasteiger charge is -2.14. The second-order valence-corrected chi connectivity index (χ2v) is 4.66. The van der Waals surface area contributed by atoms with Crippen molar-refractivity contribution in [2.24, 2.45) is 0 Å². The molecule has 0 unspecified atom stereocenters. The van der Waals surface area contributed by atoms with Gasteiger partial charge in [-0.05, 0) is 29.0 Å². The summed E-state index contributed by atoms with van der Waals surface area (Å²) in [7, 11) is 0. The lowest BCUT2D eigenvalue weighted by molar-refractivity contribution is 0.464. The molecule has 14 heavy (non-hydrogen) atoms. The van der Waals surface area contributed by atoms with E-state index in [-0.39, 0.29) is 5.75 Å². The van der Waals surface area contributed by atoms with Gasteiger partial charge in [0.15, 0.2) is 0 Å². The van der Waals surface area contributed by atoms with E-state index in [1.807, 2.05) is 12.1 Å². The highest BCUT2D eigenvalue weighted by Gasteiger charge is 2.12. The minimum Gasteiger partial charge on any atom is -0.506 e. The van der Waals surface area contributed by atoms with E-state index in [1.165, 1.54) is 5.56 Å².